The predicted octanol–water partition coefficient (Wildman–Crippen LogP) is 3.20. The number of halogens is 3. The Kier molecular flexibility index (Phi) is 5.26. The van der Waals surface area contributed by atoms with Gasteiger partial charge in [0.1, 0.15) is 18.0 Å². The fourth-order valence-electron chi connectivity index (χ4n) is 4.28. The highest BCUT2D eigenvalue weighted by Gasteiger charge is 2.44. The van der Waals surface area contributed by atoms with Crippen LogP contribution in [0.25, 0.3) is 0 Å². The summed E-state index contributed by atoms with van der Waals surface area (Å²) in [7, 11) is 0. The molecule has 1 amide bonds. The van der Waals surface area contributed by atoms with Gasteiger partial charge in [-0.3, -0.25) is 10.1 Å². The highest BCUT2D eigenvalue weighted by atomic mass is 19.4. The van der Waals surface area contributed by atoms with Crippen LogP contribution in [-0.4, -0.2) is 54.6 Å². The Bertz CT molecular complexity index is 721. The van der Waals surface area contributed by atoms with E-state index >= 15 is 0 Å². The van der Waals surface area contributed by atoms with E-state index < -0.39 is 24.5 Å². The normalized spacial score (nSPS) is 31.6. The zero-order chi connectivity index (χ0) is 19.9. The average Bonchev–Trinajstić information content (AvgIpc) is 2.65. The summed E-state index contributed by atoms with van der Waals surface area (Å²) in [5.41, 5.74) is 1.07. The molecule has 1 aliphatic carbocycles. The van der Waals surface area contributed by atoms with Crippen LogP contribution in [0, 0.1) is 0 Å². The molecule has 154 valence electrons. The van der Waals surface area contributed by atoms with Crippen molar-refractivity contribution in [2.45, 2.75) is 69.1 Å². The van der Waals surface area contributed by atoms with Gasteiger partial charge in [0, 0.05) is 6.54 Å². The number of amides is 1. The zero-order valence-corrected chi connectivity index (χ0v) is 15.7. The van der Waals surface area contributed by atoms with E-state index in [4.69, 9.17) is 9.47 Å². The Morgan fingerprint density at radius 3 is 2.75 bits per heavy atom. The van der Waals surface area contributed by atoms with Gasteiger partial charge in [-0.25, -0.2) is 0 Å². The summed E-state index contributed by atoms with van der Waals surface area (Å²) in [6.45, 7) is 1.42. The highest BCUT2D eigenvalue weighted by Crippen LogP contribution is 2.44. The molecule has 3 unspecified atom stereocenters. The van der Waals surface area contributed by atoms with Crippen molar-refractivity contribution < 1.29 is 27.4 Å². The maximum absolute atomic E-state index is 13.1. The average molecular weight is 398 g/mol. The summed E-state index contributed by atoms with van der Waals surface area (Å²) >= 11 is 0. The molecule has 0 radical (unpaired) electrons. The summed E-state index contributed by atoms with van der Waals surface area (Å²) in [6.07, 6.45) is -2.40. The topological polar surface area (TPSA) is 50.8 Å². The standard InChI is InChI=1S/C20H25F3N2O3/c1-12(20(21,22)23)24-16-6-4-8-25-18(26)11-27-17-7-3-2-5-15(17)13-9-14(10-13)28-19(16)25/h2-3,5,7,12-14,16,19,24H,4,6,8-11H2,1H3. The van der Waals surface area contributed by atoms with E-state index in [1.54, 1.807) is 4.90 Å². The lowest BCUT2D eigenvalue weighted by atomic mass is 9.77. The number of para-hydroxylation sites is 1. The van der Waals surface area contributed by atoms with Crippen molar-refractivity contribution in [2.24, 2.45) is 0 Å². The van der Waals surface area contributed by atoms with Gasteiger partial charge in [-0.2, -0.15) is 13.2 Å². The van der Waals surface area contributed by atoms with Crippen molar-refractivity contribution in [2.75, 3.05) is 13.2 Å². The second-order valence-electron chi connectivity index (χ2n) is 7.91. The van der Waals surface area contributed by atoms with Gasteiger partial charge in [-0.15, -0.1) is 0 Å². The van der Waals surface area contributed by atoms with E-state index in [0.717, 1.165) is 25.3 Å². The van der Waals surface area contributed by atoms with E-state index in [2.05, 4.69) is 5.32 Å². The lowest BCUT2D eigenvalue weighted by Crippen LogP contribution is -2.62. The smallest absolute Gasteiger partial charge is 0.403 e. The van der Waals surface area contributed by atoms with Crippen LogP contribution in [-0.2, 0) is 9.53 Å². The Morgan fingerprint density at radius 1 is 1.25 bits per heavy atom. The molecular formula is C20H25F3N2O3. The van der Waals surface area contributed by atoms with Gasteiger partial charge in [-0.05, 0) is 50.2 Å². The fraction of sp³-hybridized carbons (Fsp3) is 0.650. The molecule has 0 aromatic heterocycles. The Labute approximate surface area is 162 Å². The van der Waals surface area contributed by atoms with Crippen molar-refractivity contribution in [3.63, 3.8) is 0 Å². The van der Waals surface area contributed by atoms with Gasteiger partial charge < -0.3 is 14.4 Å². The molecule has 8 heteroatoms. The summed E-state index contributed by atoms with van der Waals surface area (Å²) in [5, 5.41) is 2.65. The van der Waals surface area contributed by atoms with Gasteiger partial charge in [0.25, 0.3) is 5.91 Å². The number of hydrogen-bond acceptors (Lipinski definition) is 4. The highest BCUT2D eigenvalue weighted by molar-refractivity contribution is 5.78. The third-order valence-corrected chi connectivity index (χ3v) is 5.98. The van der Waals surface area contributed by atoms with Gasteiger partial charge in [0.2, 0.25) is 0 Å². The summed E-state index contributed by atoms with van der Waals surface area (Å²) in [4.78, 5) is 14.4. The number of rotatable bonds is 2. The molecule has 2 fully saturated rings. The first-order chi connectivity index (χ1) is 13.3. The zero-order valence-electron chi connectivity index (χ0n) is 15.7. The summed E-state index contributed by atoms with van der Waals surface area (Å²) in [5.74, 6) is 0.729. The summed E-state index contributed by atoms with van der Waals surface area (Å²) < 4.78 is 51.1. The van der Waals surface area contributed by atoms with E-state index in [1.165, 1.54) is 0 Å². The lowest BCUT2D eigenvalue weighted by Gasteiger charge is -2.46. The molecule has 1 aromatic rings. The van der Waals surface area contributed by atoms with Crippen LogP contribution in [0.15, 0.2) is 24.3 Å². The molecule has 28 heavy (non-hydrogen) atoms. The number of fused-ring (bicyclic) bond motifs is 2. The molecule has 0 spiro atoms. The van der Waals surface area contributed by atoms with E-state index in [-0.39, 0.29) is 24.5 Å². The number of piperidine rings is 1. The van der Waals surface area contributed by atoms with Gasteiger partial charge in [0.15, 0.2) is 6.61 Å². The molecule has 1 saturated heterocycles. The summed E-state index contributed by atoms with van der Waals surface area (Å²) in [6, 6.07) is 5.46. The molecule has 3 aliphatic heterocycles. The van der Waals surface area contributed by atoms with Crippen LogP contribution < -0.4 is 10.1 Å². The first-order valence-corrected chi connectivity index (χ1v) is 9.82. The van der Waals surface area contributed by atoms with Crippen LogP contribution in [0.5, 0.6) is 5.75 Å². The molecule has 2 bridgehead atoms. The lowest BCUT2D eigenvalue weighted by molar-refractivity contribution is -0.185. The minimum atomic E-state index is -4.34. The molecular weight excluding hydrogens is 373 g/mol. The van der Waals surface area contributed by atoms with Crippen LogP contribution >= 0.6 is 0 Å². The quantitative estimate of drug-likeness (QED) is 0.831. The van der Waals surface area contributed by atoms with Crippen molar-refractivity contribution >= 4 is 5.91 Å². The minimum absolute atomic E-state index is 0.0694. The fourth-order valence-corrected chi connectivity index (χ4v) is 4.28. The SMILES string of the molecule is CC(NC1CCCN2C(=O)COc3ccccc3C3CC(C3)OC12)C(F)(F)F. The number of nitrogens with one attached hydrogen (secondary N) is 1. The van der Waals surface area contributed by atoms with Gasteiger partial charge in [-0.1, -0.05) is 18.2 Å². The van der Waals surface area contributed by atoms with E-state index in [1.807, 2.05) is 24.3 Å². The number of hydrogen-bond donors (Lipinski definition) is 1. The first-order valence-electron chi connectivity index (χ1n) is 9.82. The number of nitrogens with zero attached hydrogens (tertiary/aromatic N) is 1. The van der Waals surface area contributed by atoms with Crippen LogP contribution in [0.4, 0.5) is 13.2 Å². The molecule has 5 rings (SSSR count). The number of benzene rings is 1. The number of ether oxygens (including phenoxy) is 2. The number of carbonyl (C=O) groups excluding carboxylic acids is 1. The van der Waals surface area contributed by atoms with Crippen molar-refractivity contribution in [1.29, 1.82) is 0 Å². The third kappa shape index (κ3) is 3.85. The third-order valence-electron chi connectivity index (χ3n) is 5.98. The second kappa shape index (κ2) is 7.55. The number of carbonyl (C=O) groups is 1. The van der Waals surface area contributed by atoms with Gasteiger partial charge in [0.05, 0.1) is 12.1 Å². The molecule has 5 nitrogen and oxygen atoms in total. The van der Waals surface area contributed by atoms with Crippen molar-refractivity contribution in [3.05, 3.63) is 29.8 Å². The van der Waals surface area contributed by atoms with Crippen LogP contribution in [0.3, 0.4) is 0 Å². The van der Waals surface area contributed by atoms with E-state index in [9.17, 15) is 18.0 Å². The molecule has 3 heterocycles. The van der Waals surface area contributed by atoms with Crippen molar-refractivity contribution in [1.82, 2.24) is 10.2 Å². The molecule has 1 N–H and O–H groups in total. The van der Waals surface area contributed by atoms with Crippen LogP contribution in [0.2, 0.25) is 0 Å². The largest absolute Gasteiger partial charge is 0.483 e. The minimum Gasteiger partial charge on any atom is -0.483 e. The van der Waals surface area contributed by atoms with Gasteiger partial charge >= 0.3 is 6.18 Å². The number of alkyl halides is 3. The Hall–Kier alpha value is -1.80. The molecule has 1 aromatic carbocycles. The van der Waals surface area contributed by atoms with E-state index in [0.29, 0.717) is 25.1 Å². The first kappa shape index (κ1) is 19.5. The Balaban J connectivity index is 1.56. The maximum Gasteiger partial charge on any atom is 0.403 e. The van der Waals surface area contributed by atoms with Crippen LogP contribution in [0.1, 0.15) is 44.1 Å². The predicted molar refractivity (Wildman–Crippen MR) is 96.0 cm³/mol. The second-order valence-corrected chi connectivity index (χ2v) is 7.91. The molecule has 3 atom stereocenters. The van der Waals surface area contributed by atoms with Crippen molar-refractivity contribution in [3.8, 4) is 5.75 Å². The monoisotopic (exact) mass is 398 g/mol. The molecule has 1 saturated carbocycles. The maximum atomic E-state index is 13.1. The Morgan fingerprint density at radius 2 is 2.00 bits per heavy atom. The molecule has 4 aliphatic rings.